The van der Waals surface area contributed by atoms with Crippen LogP contribution in [-0.4, -0.2) is 40.3 Å². The molecule has 4 nitrogen and oxygen atoms in total. The maximum atomic E-state index is 9.09. The van der Waals surface area contributed by atoms with E-state index in [0.29, 0.717) is 26.2 Å². The highest BCUT2D eigenvalue weighted by Gasteiger charge is 2.47. The summed E-state index contributed by atoms with van der Waals surface area (Å²) in [5, 5.41) is 9.09. The van der Waals surface area contributed by atoms with E-state index in [1.165, 1.54) is 0 Å². The van der Waals surface area contributed by atoms with Crippen molar-refractivity contribution in [2.75, 3.05) is 26.4 Å². The molecule has 0 aliphatic rings. The number of aliphatic hydroxyl groups is 1. The summed E-state index contributed by atoms with van der Waals surface area (Å²) in [5.74, 6) is 0. The van der Waals surface area contributed by atoms with Crippen molar-refractivity contribution in [1.82, 2.24) is 0 Å². The van der Waals surface area contributed by atoms with Crippen molar-refractivity contribution in [3.63, 3.8) is 0 Å². The first-order chi connectivity index (χ1) is 7.70. The van der Waals surface area contributed by atoms with E-state index in [9.17, 15) is 0 Å². The van der Waals surface area contributed by atoms with E-state index in [2.05, 4.69) is 6.92 Å². The third-order valence-electron chi connectivity index (χ3n) is 2.51. The summed E-state index contributed by atoms with van der Waals surface area (Å²) in [5.41, 5.74) is 0.192. The highest BCUT2D eigenvalue weighted by atomic mass is 28.4. The first-order valence-corrected chi connectivity index (χ1v) is 8.03. The minimum Gasteiger partial charge on any atom is -0.396 e. The lowest BCUT2D eigenvalue weighted by atomic mass is 10.2. The van der Waals surface area contributed by atoms with Gasteiger partial charge in [-0.15, -0.1) is 0 Å². The van der Waals surface area contributed by atoms with Crippen LogP contribution in [0, 0.1) is 0 Å². The molecular weight excluding hydrogens is 224 g/mol. The van der Waals surface area contributed by atoms with Crippen LogP contribution in [0.3, 0.4) is 0 Å². The summed E-state index contributed by atoms with van der Waals surface area (Å²) in [7, 11) is -2.61. The Labute approximate surface area is 100 Å². The Balaban J connectivity index is 4.78. The van der Waals surface area contributed by atoms with E-state index in [1.54, 1.807) is 0 Å². The minimum absolute atomic E-state index is 0.153. The van der Waals surface area contributed by atoms with Gasteiger partial charge in [-0.2, -0.15) is 0 Å². The molecule has 5 heteroatoms. The van der Waals surface area contributed by atoms with Crippen LogP contribution < -0.4 is 0 Å². The number of hydrogen-bond donors (Lipinski definition) is 1. The molecule has 0 fully saturated rings. The van der Waals surface area contributed by atoms with Crippen LogP contribution in [0.5, 0.6) is 0 Å². The van der Waals surface area contributed by atoms with Crippen LogP contribution in [0.2, 0.25) is 5.54 Å². The molecule has 0 amide bonds. The van der Waals surface area contributed by atoms with Crippen molar-refractivity contribution in [3.05, 3.63) is 0 Å². The minimum atomic E-state index is -2.61. The highest BCUT2D eigenvalue weighted by molar-refractivity contribution is 6.62. The molecule has 98 valence electrons. The molecule has 1 atom stereocenters. The van der Waals surface area contributed by atoms with Gasteiger partial charge >= 0.3 is 8.80 Å². The Morgan fingerprint density at radius 2 is 1.38 bits per heavy atom. The summed E-state index contributed by atoms with van der Waals surface area (Å²) in [4.78, 5) is 0. The summed E-state index contributed by atoms with van der Waals surface area (Å²) in [6, 6.07) is 0. The zero-order valence-corrected chi connectivity index (χ0v) is 12.0. The maximum absolute atomic E-state index is 9.09. The molecule has 0 bridgehead atoms. The summed E-state index contributed by atoms with van der Waals surface area (Å²) in [6.07, 6.45) is 1.59. The van der Waals surface area contributed by atoms with Crippen LogP contribution in [-0.2, 0) is 13.3 Å². The molecule has 16 heavy (non-hydrogen) atoms. The van der Waals surface area contributed by atoms with Crippen LogP contribution in [0.15, 0.2) is 0 Å². The van der Waals surface area contributed by atoms with Crippen molar-refractivity contribution in [3.8, 4) is 0 Å². The van der Waals surface area contributed by atoms with Gasteiger partial charge in [0.1, 0.15) is 0 Å². The van der Waals surface area contributed by atoms with Crippen molar-refractivity contribution in [2.24, 2.45) is 0 Å². The lowest BCUT2D eigenvalue weighted by molar-refractivity contribution is 0.0568. The standard InChI is InChI=1S/C11H26O4Si/c1-5-11(9-10-12)16(13-6-2,14-7-3)15-8-4/h11-12H,5-10H2,1-4H3. The summed E-state index contributed by atoms with van der Waals surface area (Å²) < 4.78 is 17.4. The van der Waals surface area contributed by atoms with Gasteiger partial charge in [0, 0.05) is 32.0 Å². The first-order valence-electron chi connectivity index (χ1n) is 6.23. The smallest absolute Gasteiger partial charge is 0.396 e. The average molecular weight is 250 g/mol. The second-order valence-electron chi connectivity index (χ2n) is 3.52. The molecule has 0 radical (unpaired) electrons. The largest absolute Gasteiger partial charge is 0.504 e. The topological polar surface area (TPSA) is 47.9 Å². The van der Waals surface area contributed by atoms with Crippen molar-refractivity contribution in [2.45, 2.75) is 46.1 Å². The van der Waals surface area contributed by atoms with Crippen molar-refractivity contribution < 1.29 is 18.4 Å². The van der Waals surface area contributed by atoms with Gasteiger partial charge in [-0.1, -0.05) is 6.92 Å². The first kappa shape index (κ1) is 16.1. The fourth-order valence-corrected chi connectivity index (χ4v) is 5.02. The molecule has 0 aromatic rings. The third-order valence-corrected chi connectivity index (χ3v) is 6.28. The molecule has 0 aliphatic carbocycles. The predicted octanol–water partition coefficient (Wildman–Crippen LogP) is 2.20. The van der Waals surface area contributed by atoms with E-state index >= 15 is 0 Å². The molecule has 1 N–H and O–H groups in total. The number of aliphatic hydroxyl groups excluding tert-OH is 1. The summed E-state index contributed by atoms with van der Waals surface area (Å²) in [6.45, 7) is 9.86. The predicted molar refractivity (Wildman–Crippen MR) is 66.4 cm³/mol. The monoisotopic (exact) mass is 250 g/mol. The van der Waals surface area contributed by atoms with Crippen LogP contribution in [0.4, 0.5) is 0 Å². The van der Waals surface area contributed by atoms with Gasteiger partial charge in [0.25, 0.3) is 0 Å². The van der Waals surface area contributed by atoms with Gasteiger partial charge in [0.05, 0.1) is 0 Å². The Hall–Kier alpha value is 0.0569. The molecular formula is C11H26O4Si. The van der Waals surface area contributed by atoms with Gasteiger partial charge in [-0.05, 0) is 33.6 Å². The van der Waals surface area contributed by atoms with Gasteiger partial charge < -0.3 is 18.4 Å². The molecule has 0 aromatic carbocycles. The molecule has 0 saturated carbocycles. The summed E-state index contributed by atoms with van der Waals surface area (Å²) >= 11 is 0. The fraction of sp³-hybridized carbons (Fsp3) is 1.00. The van der Waals surface area contributed by atoms with Crippen molar-refractivity contribution in [1.29, 1.82) is 0 Å². The zero-order valence-electron chi connectivity index (χ0n) is 11.0. The van der Waals surface area contributed by atoms with Crippen LogP contribution in [0.1, 0.15) is 40.5 Å². The van der Waals surface area contributed by atoms with E-state index < -0.39 is 8.80 Å². The maximum Gasteiger partial charge on any atom is 0.504 e. The molecule has 0 aromatic heterocycles. The highest BCUT2D eigenvalue weighted by Crippen LogP contribution is 2.31. The van der Waals surface area contributed by atoms with Crippen LogP contribution in [0.25, 0.3) is 0 Å². The average Bonchev–Trinajstić information content (AvgIpc) is 2.26. The van der Waals surface area contributed by atoms with E-state index in [0.717, 1.165) is 6.42 Å². The van der Waals surface area contributed by atoms with E-state index in [4.69, 9.17) is 18.4 Å². The Morgan fingerprint density at radius 3 is 1.62 bits per heavy atom. The van der Waals surface area contributed by atoms with Gasteiger partial charge in [-0.25, -0.2) is 0 Å². The molecule has 1 unspecified atom stereocenters. The lowest BCUT2D eigenvalue weighted by Gasteiger charge is -2.34. The van der Waals surface area contributed by atoms with E-state index in [-0.39, 0.29) is 12.1 Å². The lowest BCUT2D eigenvalue weighted by Crippen LogP contribution is -2.50. The van der Waals surface area contributed by atoms with Gasteiger partial charge in [0.2, 0.25) is 0 Å². The van der Waals surface area contributed by atoms with Crippen molar-refractivity contribution >= 4 is 8.80 Å². The molecule has 0 saturated heterocycles. The Morgan fingerprint density at radius 1 is 0.938 bits per heavy atom. The molecule has 0 spiro atoms. The van der Waals surface area contributed by atoms with Gasteiger partial charge in [0.15, 0.2) is 0 Å². The quantitative estimate of drug-likeness (QED) is 0.604. The number of hydrogen-bond acceptors (Lipinski definition) is 4. The SMILES string of the molecule is CCO[Si](OCC)(OCC)C(CC)CCO. The van der Waals surface area contributed by atoms with E-state index in [1.807, 2.05) is 20.8 Å². The second kappa shape index (κ2) is 9.12. The van der Waals surface area contributed by atoms with Crippen LogP contribution >= 0.6 is 0 Å². The fourth-order valence-electron chi connectivity index (χ4n) is 1.87. The molecule has 0 heterocycles. The normalized spacial score (nSPS) is 14.1. The zero-order chi connectivity index (χ0) is 12.4. The molecule has 0 aliphatic heterocycles. The Bertz CT molecular complexity index is 149. The Kier molecular flexibility index (Phi) is 9.16. The number of rotatable bonds is 10. The third kappa shape index (κ3) is 4.51. The van der Waals surface area contributed by atoms with Gasteiger partial charge in [-0.3, -0.25) is 0 Å². The molecule has 0 rings (SSSR count). The second-order valence-corrected chi connectivity index (χ2v) is 6.41.